The fourth-order valence-corrected chi connectivity index (χ4v) is 6.86. The van der Waals surface area contributed by atoms with Crippen LogP contribution in [0.1, 0.15) is 77.5 Å². The first-order valence-corrected chi connectivity index (χ1v) is 11.9. The second kappa shape index (κ2) is 8.14. The lowest BCUT2D eigenvalue weighted by molar-refractivity contribution is -0.146. The molecule has 1 aromatic rings. The zero-order valence-electron chi connectivity index (χ0n) is 16.9. The van der Waals surface area contributed by atoms with Crippen molar-refractivity contribution in [2.75, 3.05) is 5.75 Å². The predicted molar refractivity (Wildman–Crippen MR) is 108 cm³/mol. The molecular weight excluding hydrogens is 356 g/mol. The summed E-state index contributed by atoms with van der Waals surface area (Å²) in [5.41, 5.74) is -0.0805. The van der Waals surface area contributed by atoms with Crippen molar-refractivity contribution >= 4 is 17.7 Å². The monoisotopic (exact) mass is 390 g/mol. The molecule has 0 unspecified atom stereocenters. The maximum atomic E-state index is 13.2. The Bertz CT molecular complexity index is 636. The third-order valence-corrected chi connectivity index (χ3v) is 8.06. The summed E-state index contributed by atoms with van der Waals surface area (Å²) in [4.78, 5) is 13.2. The fourth-order valence-electron chi connectivity index (χ4n) is 6.03. The van der Waals surface area contributed by atoms with Crippen molar-refractivity contribution in [2.45, 2.75) is 89.9 Å². The summed E-state index contributed by atoms with van der Waals surface area (Å²) in [5, 5.41) is 13.1. The maximum absolute atomic E-state index is 13.2. The lowest BCUT2D eigenvalue weighted by Gasteiger charge is -2.55. The Hall–Kier alpha value is -1.04. The Morgan fingerprint density at radius 2 is 1.78 bits per heavy atom. The number of hydrogen-bond acceptors (Lipinski definition) is 4. The minimum atomic E-state index is -0.0805. The molecule has 5 rings (SSSR count). The van der Waals surface area contributed by atoms with Crippen LogP contribution in [0.15, 0.2) is 5.16 Å². The van der Waals surface area contributed by atoms with Crippen LogP contribution in [0.2, 0.25) is 0 Å². The normalized spacial score (nSPS) is 31.4. The number of carbonyl (C=O) groups excluding carboxylic acids is 1. The zero-order chi connectivity index (χ0) is 18.9. The van der Waals surface area contributed by atoms with Gasteiger partial charge in [0.25, 0.3) is 0 Å². The number of aromatic nitrogens is 3. The predicted octanol–water partition coefficient (Wildman–Crippen LogP) is 4.41. The van der Waals surface area contributed by atoms with Gasteiger partial charge in [-0.15, -0.1) is 10.2 Å². The molecule has 6 heteroatoms. The van der Waals surface area contributed by atoms with Crippen molar-refractivity contribution in [3.63, 3.8) is 0 Å². The van der Waals surface area contributed by atoms with Crippen molar-refractivity contribution in [1.82, 2.24) is 20.1 Å². The van der Waals surface area contributed by atoms with E-state index in [2.05, 4.69) is 33.9 Å². The lowest BCUT2D eigenvalue weighted by Crippen LogP contribution is -2.53. The molecule has 1 aromatic heterocycles. The summed E-state index contributed by atoms with van der Waals surface area (Å²) in [7, 11) is 0. The summed E-state index contributed by atoms with van der Waals surface area (Å²) in [6, 6.07) is 0. The van der Waals surface area contributed by atoms with Gasteiger partial charge in [0, 0.05) is 17.7 Å². The highest BCUT2D eigenvalue weighted by Crippen LogP contribution is 2.60. The zero-order valence-corrected chi connectivity index (χ0v) is 17.7. The number of hydrogen-bond donors (Lipinski definition) is 1. The van der Waals surface area contributed by atoms with E-state index in [-0.39, 0.29) is 11.3 Å². The smallest absolute Gasteiger partial charge is 0.226 e. The standard InChI is InChI=1S/C21H34N4OS/c1-3-5-6-25-18(23-24-20(25)27-7-4-2)14-22-19(26)21-11-15-8-16(12-21)10-17(9-15)13-21/h15-17H,3-14H2,1-2H3,(H,22,26). The van der Waals surface area contributed by atoms with Gasteiger partial charge in [-0.25, -0.2) is 0 Å². The number of amides is 1. The van der Waals surface area contributed by atoms with Gasteiger partial charge in [-0.2, -0.15) is 0 Å². The first kappa shape index (κ1) is 19.3. The Kier molecular flexibility index (Phi) is 5.81. The number of rotatable bonds is 9. The molecule has 0 saturated heterocycles. The molecule has 4 saturated carbocycles. The van der Waals surface area contributed by atoms with Gasteiger partial charge in [0.05, 0.1) is 6.54 Å². The third kappa shape index (κ3) is 3.92. The first-order chi connectivity index (χ1) is 13.1. The second-order valence-electron chi connectivity index (χ2n) is 9.13. The van der Waals surface area contributed by atoms with E-state index >= 15 is 0 Å². The van der Waals surface area contributed by atoms with Crippen LogP contribution in [0.4, 0.5) is 0 Å². The Morgan fingerprint density at radius 3 is 2.37 bits per heavy atom. The van der Waals surface area contributed by atoms with Crippen molar-refractivity contribution in [3.05, 3.63) is 5.82 Å². The van der Waals surface area contributed by atoms with Crippen molar-refractivity contribution < 1.29 is 4.79 Å². The van der Waals surface area contributed by atoms with Gasteiger partial charge in [0.2, 0.25) is 5.91 Å². The van der Waals surface area contributed by atoms with Gasteiger partial charge in [0.15, 0.2) is 11.0 Å². The average molecular weight is 391 g/mol. The van der Waals surface area contributed by atoms with Crippen LogP contribution in [0.5, 0.6) is 0 Å². The van der Waals surface area contributed by atoms with E-state index in [4.69, 9.17) is 0 Å². The topological polar surface area (TPSA) is 59.8 Å². The average Bonchev–Trinajstić information content (AvgIpc) is 3.03. The van der Waals surface area contributed by atoms with Gasteiger partial charge in [-0.1, -0.05) is 32.0 Å². The lowest BCUT2D eigenvalue weighted by atomic mass is 9.49. The Labute approximate surface area is 167 Å². The highest BCUT2D eigenvalue weighted by Gasteiger charge is 2.54. The van der Waals surface area contributed by atoms with E-state index in [9.17, 15) is 4.79 Å². The minimum Gasteiger partial charge on any atom is -0.348 e. The van der Waals surface area contributed by atoms with Crippen molar-refractivity contribution in [1.29, 1.82) is 0 Å². The molecule has 0 atom stereocenters. The van der Waals surface area contributed by atoms with Gasteiger partial charge in [-0.05, 0) is 69.1 Å². The Morgan fingerprint density at radius 1 is 1.11 bits per heavy atom. The van der Waals surface area contributed by atoms with Crippen molar-refractivity contribution in [2.24, 2.45) is 23.2 Å². The molecule has 1 N–H and O–H groups in total. The molecule has 4 bridgehead atoms. The molecule has 1 amide bonds. The highest BCUT2D eigenvalue weighted by atomic mass is 32.2. The van der Waals surface area contributed by atoms with E-state index < -0.39 is 0 Å². The Balaban J connectivity index is 1.42. The summed E-state index contributed by atoms with van der Waals surface area (Å²) in [6.45, 7) is 5.85. The van der Waals surface area contributed by atoms with Crippen LogP contribution >= 0.6 is 11.8 Å². The fraction of sp³-hybridized carbons (Fsp3) is 0.857. The summed E-state index contributed by atoms with van der Waals surface area (Å²) < 4.78 is 2.23. The van der Waals surface area contributed by atoms with E-state index in [0.29, 0.717) is 6.54 Å². The second-order valence-corrected chi connectivity index (χ2v) is 10.2. The van der Waals surface area contributed by atoms with Crippen LogP contribution in [-0.2, 0) is 17.9 Å². The molecule has 4 aliphatic carbocycles. The van der Waals surface area contributed by atoms with Crippen LogP contribution in [0.25, 0.3) is 0 Å². The molecule has 0 radical (unpaired) electrons. The summed E-state index contributed by atoms with van der Waals surface area (Å²) >= 11 is 1.78. The van der Waals surface area contributed by atoms with Gasteiger partial charge >= 0.3 is 0 Å². The molecule has 0 aromatic carbocycles. The van der Waals surface area contributed by atoms with Crippen LogP contribution in [0, 0.1) is 23.2 Å². The minimum absolute atomic E-state index is 0.0805. The molecule has 5 nitrogen and oxygen atoms in total. The number of nitrogens with zero attached hydrogens (tertiary/aromatic N) is 3. The molecule has 150 valence electrons. The van der Waals surface area contributed by atoms with E-state index in [1.165, 1.54) is 19.3 Å². The SMILES string of the molecule is CCCCn1c(CNC(=O)C23CC4CC(CC(C4)C2)C3)nnc1SCCC. The quantitative estimate of drug-likeness (QED) is 0.634. The first-order valence-electron chi connectivity index (χ1n) is 11.0. The molecule has 0 spiro atoms. The number of thioether (sulfide) groups is 1. The molecule has 4 aliphatic rings. The van der Waals surface area contributed by atoms with E-state index in [1.807, 2.05) is 0 Å². The maximum Gasteiger partial charge on any atom is 0.226 e. The molecule has 1 heterocycles. The van der Waals surface area contributed by atoms with Gasteiger partial charge < -0.3 is 9.88 Å². The molecular formula is C21H34N4OS. The molecule has 4 fully saturated rings. The van der Waals surface area contributed by atoms with Crippen LogP contribution < -0.4 is 5.32 Å². The van der Waals surface area contributed by atoms with Gasteiger partial charge in [-0.3, -0.25) is 4.79 Å². The summed E-state index contributed by atoms with van der Waals surface area (Å²) in [5.74, 6) is 4.66. The largest absolute Gasteiger partial charge is 0.348 e. The van der Waals surface area contributed by atoms with E-state index in [0.717, 1.165) is 79.6 Å². The third-order valence-electron chi connectivity index (χ3n) is 6.89. The van der Waals surface area contributed by atoms with Crippen LogP contribution in [-0.4, -0.2) is 26.4 Å². The number of unbranched alkanes of at least 4 members (excludes halogenated alkanes) is 1. The van der Waals surface area contributed by atoms with Crippen LogP contribution in [0.3, 0.4) is 0 Å². The molecule has 0 aliphatic heterocycles. The molecule has 27 heavy (non-hydrogen) atoms. The highest BCUT2D eigenvalue weighted by molar-refractivity contribution is 7.99. The van der Waals surface area contributed by atoms with Gasteiger partial charge in [0.1, 0.15) is 0 Å². The summed E-state index contributed by atoms with van der Waals surface area (Å²) in [6.07, 6.45) is 10.9. The van der Waals surface area contributed by atoms with Crippen molar-refractivity contribution in [3.8, 4) is 0 Å². The number of nitrogens with one attached hydrogen (secondary N) is 1. The van der Waals surface area contributed by atoms with E-state index in [1.54, 1.807) is 11.8 Å². The number of carbonyl (C=O) groups is 1.